The molecule has 8 nitrogen and oxygen atoms in total. The lowest BCUT2D eigenvalue weighted by molar-refractivity contribution is -0.138. The highest BCUT2D eigenvalue weighted by Gasteiger charge is 2.34. The van der Waals surface area contributed by atoms with Crippen LogP contribution in [0, 0.1) is 6.92 Å². The Morgan fingerprint density at radius 1 is 1.09 bits per heavy atom. The number of aromatic hydroxyl groups is 1. The minimum Gasteiger partial charge on any atom is -0.505 e. The summed E-state index contributed by atoms with van der Waals surface area (Å²) in [5.41, 5.74) is -1.53. The Balaban J connectivity index is 1.94. The summed E-state index contributed by atoms with van der Waals surface area (Å²) in [7, 11) is 0. The number of carboxylic acid groups (broad SMARTS) is 1. The number of rotatable bonds is 7. The first-order valence-electron chi connectivity index (χ1n) is 9.51. The molecule has 0 spiro atoms. The van der Waals surface area contributed by atoms with Crippen LogP contribution in [-0.2, 0) is 17.5 Å². The first-order chi connectivity index (χ1) is 15.1. The normalized spacial score (nSPS) is 11.9. The molecule has 0 atom stereocenters. The van der Waals surface area contributed by atoms with Crippen molar-refractivity contribution >= 4 is 17.3 Å². The number of nitrogens with zero attached hydrogens (tertiary/aromatic N) is 3. The third-order valence-electron chi connectivity index (χ3n) is 4.67. The zero-order valence-electron chi connectivity index (χ0n) is 16.8. The molecule has 168 valence electrons. The van der Waals surface area contributed by atoms with Crippen molar-refractivity contribution in [2.75, 3.05) is 0 Å². The molecule has 0 saturated heterocycles. The van der Waals surface area contributed by atoms with Gasteiger partial charge in [0.1, 0.15) is 5.69 Å². The number of hydrogen-bond donors (Lipinski definition) is 3. The number of aryl methyl sites for hydroxylation is 2. The van der Waals surface area contributed by atoms with E-state index in [9.17, 15) is 27.9 Å². The van der Waals surface area contributed by atoms with Crippen molar-refractivity contribution in [3.63, 3.8) is 0 Å². The third-order valence-corrected chi connectivity index (χ3v) is 4.67. The molecule has 1 aromatic heterocycles. The minimum atomic E-state index is -4.62. The third kappa shape index (κ3) is 4.88. The number of azo groups is 1. The molecule has 0 aliphatic carbocycles. The van der Waals surface area contributed by atoms with Crippen LogP contribution in [0.3, 0.4) is 0 Å². The van der Waals surface area contributed by atoms with Crippen molar-refractivity contribution in [1.82, 2.24) is 9.78 Å². The average molecular weight is 448 g/mol. The molecule has 1 heterocycles. The topological polar surface area (TPSA) is 120 Å². The number of benzene rings is 2. The summed E-state index contributed by atoms with van der Waals surface area (Å²) < 4.78 is 41.3. The molecule has 32 heavy (non-hydrogen) atoms. The highest BCUT2D eigenvalue weighted by Crippen LogP contribution is 2.43. The van der Waals surface area contributed by atoms with E-state index in [1.54, 1.807) is 6.92 Å². The lowest BCUT2D eigenvalue weighted by Crippen LogP contribution is -2.17. The van der Waals surface area contributed by atoms with Gasteiger partial charge in [0.05, 0.1) is 11.3 Å². The number of aromatic amines is 1. The van der Waals surface area contributed by atoms with Gasteiger partial charge in [-0.25, -0.2) is 0 Å². The highest BCUT2D eigenvalue weighted by molar-refractivity contribution is 5.78. The lowest BCUT2D eigenvalue weighted by atomic mass is 9.98. The Bertz CT molecular complexity index is 1230. The summed E-state index contributed by atoms with van der Waals surface area (Å²) in [5, 5.41) is 29.8. The van der Waals surface area contributed by atoms with E-state index < -0.39 is 29.0 Å². The number of nitrogens with one attached hydrogen (secondary N) is 1. The van der Waals surface area contributed by atoms with Crippen molar-refractivity contribution in [2.24, 2.45) is 10.2 Å². The van der Waals surface area contributed by atoms with Crippen molar-refractivity contribution in [1.29, 1.82) is 0 Å². The lowest BCUT2D eigenvalue weighted by Gasteiger charge is -2.14. The van der Waals surface area contributed by atoms with Gasteiger partial charge in [0.15, 0.2) is 11.4 Å². The van der Waals surface area contributed by atoms with Crippen LogP contribution in [0.5, 0.6) is 5.75 Å². The first kappa shape index (κ1) is 22.8. The molecule has 0 amide bonds. The summed E-state index contributed by atoms with van der Waals surface area (Å²) in [6.45, 7) is 1.70. The van der Waals surface area contributed by atoms with Gasteiger partial charge in [0.25, 0.3) is 5.56 Å². The largest absolute Gasteiger partial charge is 0.505 e. The number of halogens is 3. The maximum atomic E-state index is 13.4. The molecule has 3 N–H and O–H groups in total. The first-order valence-corrected chi connectivity index (χ1v) is 9.51. The van der Waals surface area contributed by atoms with Crippen LogP contribution in [0.4, 0.5) is 24.5 Å². The molecule has 0 bridgehead atoms. The van der Waals surface area contributed by atoms with Crippen molar-refractivity contribution in [3.8, 4) is 16.9 Å². The predicted octanol–water partition coefficient (Wildman–Crippen LogP) is 5.16. The van der Waals surface area contributed by atoms with Crippen LogP contribution in [-0.4, -0.2) is 26.0 Å². The summed E-state index contributed by atoms with van der Waals surface area (Å²) in [4.78, 5) is 23.1. The molecule has 11 heteroatoms. The fourth-order valence-electron chi connectivity index (χ4n) is 3.16. The number of aromatic nitrogens is 2. The van der Waals surface area contributed by atoms with Crippen molar-refractivity contribution < 1.29 is 28.2 Å². The molecule has 0 aliphatic rings. The number of carbonyl (C=O) groups is 1. The maximum absolute atomic E-state index is 13.4. The van der Waals surface area contributed by atoms with E-state index >= 15 is 0 Å². The second-order valence-electron chi connectivity index (χ2n) is 6.96. The Morgan fingerprint density at radius 2 is 1.78 bits per heavy atom. The fourth-order valence-corrected chi connectivity index (χ4v) is 3.16. The Kier molecular flexibility index (Phi) is 6.47. The van der Waals surface area contributed by atoms with E-state index in [1.807, 2.05) is 0 Å². The van der Waals surface area contributed by atoms with Gasteiger partial charge < -0.3 is 10.2 Å². The van der Waals surface area contributed by atoms with Crippen molar-refractivity contribution in [2.45, 2.75) is 32.5 Å². The van der Waals surface area contributed by atoms with Gasteiger partial charge in [-0.05, 0) is 31.0 Å². The number of carboxylic acids is 1. The minimum absolute atomic E-state index is 0.0548. The molecule has 0 unspecified atom stereocenters. The molecule has 0 saturated carbocycles. The number of H-pyrrole nitrogens is 1. The van der Waals surface area contributed by atoms with E-state index in [4.69, 9.17) is 5.11 Å². The quantitative estimate of drug-likeness (QED) is 0.433. The summed E-state index contributed by atoms with van der Waals surface area (Å²) >= 11 is 0. The van der Waals surface area contributed by atoms with E-state index in [1.165, 1.54) is 41.1 Å². The summed E-state index contributed by atoms with van der Waals surface area (Å²) in [5.74, 6) is -1.49. The van der Waals surface area contributed by atoms with E-state index in [-0.39, 0.29) is 41.9 Å². The SMILES string of the molecule is Cc1[nH]n(CCCC(=O)O)c(=O)c1N=Nc1cccc(-c2ccccc2C(F)(F)F)c1O. The van der Waals surface area contributed by atoms with Crippen LogP contribution in [0.25, 0.3) is 11.1 Å². The Labute approximate surface area is 179 Å². The van der Waals surface area contributed by atoms with Gasteiger partial charge in [-0.15, -0.1) is 10.2 Å². The van der Waals surface area contributed by atoms with Crippen LogP contribution in [0.1, 0.15) is 24.1 Å². The van der Waals surface area contributed by atoms with Gasteiger partial charge in [-0.3, -0.25) is 19.4 Å². The molecule has 0 fully saturated rings. The van der Waals surface area contributed by atoms with Gasteiger partial charge in [0.2, 0.25) is 0 Å². The van der Waals surface area contributed by atoms with E-state index in [0.29, 0.717) is 5.69 Å². The second kappa shape index (κ2) is 9.08. The molecule has 0 radical (unpaired) electrons. The van der Waals surface area contributed by atoms with E-state index in [0.717, 1.165) is 6.07 Å². The molecular formula is C21H19F3N4O4. The second-order valence-corrected chi connectivity index (χ2v) is 6.96. The number of para-hydroxylation sites is 1. The Morgan fingerprint density at radius 3 is 2.47 bits per heavy atom. The number of hydrogen-bond acceptors (Lipinski definition) is 5. The summed E-state index contributed by atoms with van der Waals surface area (Å²) in [6, 6.07) is 8.94. The maximum Gasteiger partial charge on any atom is 0.417 e. The van der Waals surface area contributed by atoms with Crippen LogP contribution < -0.4 is 5.56 Å². The average Bonchev–Trinajstić information content (AvgIpc) is 2.99. The molecular weight excluding hydrogens is 429 g/mol. The predicted molar refractivity (Wildman–Crippen MR) is 109 cm³/mol. The van der Waals surface area contributed by atoms with Crippen LogP contribution in [0.15, 0.2) is 57.5 Å². The van der Waals surface area contributed by atoms with Crippen LogP contribution >= 0.6 is 0 Å². The molecule has 0 aliphatic heterocycles. The van der Waals surface area contributed by atoms with Crippen molar-refractivity contribution in [3.05, 3.63) is 64.1 Å². The van der Waals surface area contributed by atoms with E-state index in [2.05, 4.69) is 15.3 Å². The number of phenols is 1. The fraction of sp³-hybridized carbons (Fsp3) is 0.238. The van der Waals surface area contributed by atoms with Crippen LogP contribution in [0.2, 0.25) is 0 Å². The smallest absolute Gasteiger partial charge is 0.417 e. The van der Waals surface area contributed by atoms with Gasteiger partial charge in [-0.2, -0.15) is 13.2 Å². The zero-order chi connectivity index (χ0) is 23.5. The van der Waals surface area contributed by atoms with Gasteiger partial charge in [-0.1, -0.05) is 30.3 Å². The van der Waals surface area contributed by atoms with Gasteiger partial charge >= 0.3 is 12.1 Å². The van der Waals surface area contributed by atoms with Gasteiger partial charge in [0, 0.05) is 18.5 Å². The zero-order valence-corrected chi connectivity index (χ0v) is 16.8. The summed E-state index contributed by atoms with van der Waals surface area (Å²) in [6.07, 6.45) is -4.50. The molecule has 3 rings (SSSR count). The molecule has 2 aromatic carbocycles. The Hall–Kier alpha value is -3.89. The highest BCUT2D eigenvalue weighted by atomic mass is 19.4. The number of phenolic OH excluding ortho intramolecular Hbond substituents is 1. The monoisotopic (exact) mass is 448 g/mol. The molecule has 3 aromatic rings. The number of alkyl halides is 3. The number of aliphatic carboxylic acids is 1. The standard InChI is InChI=1S/C21H19F3N4O4/c1-12-18(20(32)28(27-12)11-5-10-17(29)30)26-25-16-9-4-7-14(19(16)31)13-6-2-3-8-15(13)21(22,23)24/h2-4,6-9,27,31H,5,10-11H2,1H3,(H,29,30).